The first-order valence-corrected chi connectivity index (χ1v) is 35.7. The molecule has 0 unspecified atom stereocenters. The van der Waals surface area contributed by atoms with E-state index in [4.69, 9.17) is 5.73 Å². The van der Waals surface area contributed by atoms with Crippen LogP contribution in [0.3, 0.4) is 0 Å². The van der Waals surface area contributed by atoms with Crippen LogP contribution < -0.4 is 69.4 Å². The predicted octanol–water partition coefficient (Wildman–Crippen LogP) is 16.1. The standard InChI is InChI=1S/4C18H15P.C12H12N2O.Pd/c4*1-4-10-16(11-5-1)19(17-12-6-2-7-13-17)18-14-8-3-9-15-18;1-8-6-11(12(13)14-7-8)9-2-4-10(15)5-3-9;/h4*1-15H;2-7,15H,1H3,(H2,13,14);. The molecule has 3 N–H and O–H groups in total. The number of aryl methyl sites for hydroxylation is 1. The van der Waals surface area contributed by atoms with Crippen molar-refractivity contribution < 1.29 is 25.5 Å². The number of nitrogens with two attached hydrogens (primary N) is 1. The Morgan fingerprint density at radius 3 is 0.576 bits per heavy atom. The van der Waals surface area contributed by atoms with E-state index < -0.39 is 31.7 Å². The zero-order chi connectivity index (χ0) is 62.5. The molecule has 0 atom stereocenters. The van der Waals surface area contributed by atoms with Crippen LogP contribution in [0.2, 0.25) is 0 Å². The normalized spacial score (nSPS) is 10.4. The van der Waals surface area contributed by atoms with Gasteiger partial charge in [-0.05, 0) is 132 Å². The van der Waals surface area contributed by atoms with Gasteiger partial charge in [-0.1, -0.05) is 376 Å². The summed E-state index contributed by atoms with van der Waals surface area (Å²) in [6.45, 7) is 1.97. The molecule has 0 radical (unpaired) electrons. The number of nitrogen functional groups attached to an aromatic ring is 1. The van der Waals surface area contributed by atoms with Crippen molar-refractivity contribution >= 4 is 101 Å². The molecule has 0 fully saturated rings. The second-order valence-electron chi connectivity index (χ2n) is 20.9. The smallest absolute Gasteiger partial charge is 0.131 e. The van der Waals surface area contributed by atoms with E-state index in [0.29, 0.717) is 5.82 Å². The summed E-state index contributed by atoms with van der Waals surface area (Å²) >= 11 is 0. The third-order valence-electron chi connectivity index (χ3n) is 14.4. The quantitative estimate of drug-likeness (QED) is 0.0893. The van der Waals surface area contributed by atoms with Gasteiger partial charge in [-0.25, -0.2) is 4.98 Å². The van der Waals surface area contributed by atoms with Crippen molar-refractivity contribution in [2.75, 3.05) is 5.73 Å². The van der Waals surface area contributed by atoms with Crippen molar-refractivity contribution in [2.45, 2.75) is 6.92 Å². The fourth-order valence-corrected chi connectivity index (χ4v) is 19.4. The van der Waals surface area contributed by atoms with Gasteiger partial charge in [0.25, 0.3) is 0 Å². The van der Waals surface area contributed by atoms with Gasteiger partial charge in [-0.15, -0.1) is 0 Å². The fraction of sp³-hybridized carbons (Fsp3) is 0.0119. The first-order chi connectivity index (χ1) is 45.0. The zero-order valence-electron chi connectivity index (χ0n) is 51.2. The summed E-state index contributed by atoms with van der Waals surface area (Å²) < 4.78 is 0. The van der Waals surface area contributed by atoms with Crippen LogP contribution in [-0.4, -0.2) is 10.1 Å². The van der Waals surface area contributed by atoms with Gasteiger partial charge in [0.15, 0.2) is 0 Å². The van der Waals surface area contributed by atoms with E-state index >= 15 is 0 Å². The summed E-state index contributed by atoms with van der Waals surface area (Å²) in [5, 5.41) is 26.0. The van der Waals surface area contributed by atoms with Crippen LogP contribution in [0.25, 0.3) is 11.1 Å². The molecule has 454 valence electrons. The van der Waals surface area contributed by atoms with Crippen LogP contribution in [0.1, 0.15) is 5.56 Å². The molecule has 1 heterocycles. The topological polar surface area (TPSA) is 59.1 Å². The number of nitrogens with zero attached hydrogens (tertiary/aromatic N) is 1. The Morgan fingerprint density at radius 1 is 0.250 bits per heavy atom. The fourth-order valence-electron chi connectivity index (χ4n) is 10.2. The van der Waals surface area contributed by atoms with Crippen molar-refractivity contribution in [2.24, 2.45) is 0 Å². The van der Waals surface area contributed by atoms with Crippen LogP contribution in [0, 0.1) is 6.92 Å². The molecule has 0 spiro atoms. The second kappa shape index (κ2) is 36.7. The number of hydrogen-bond donors (Lipinski definition) is 2. The van der Waals surface area contributed by atoms with Crippen molar-refractivity contribution in [1.82, 2.24) is 4.98 Å². The molecular formula is C84H72N2OP4Pd. The van der Waals surface area contributed by atoms with Gasteiger partial charge < -0.3 is 10.8 Å². The maximum Gasteiger partial charge on any atom is 0.131 e. The number of aromatic hydroxyl groups is 1. The molecule has 14 aromatic rings. The number of phenols is 1. The van der Waals surface area contributed by atoms with E-state index in [1.165, 1.54) is 63.7 Å². The number of benzene rings is 13. The molecular weight excluding hydrogens is 1280 g/mol. The van der Waals surface area contributed by atoms with E-state index in [0.717, 1.165) is 16.7 Å². The maximum absolute atomic E-state index is 9.18. The predicted molar refractivity (Wildman–Crippen MR) is 401 cm³/mol. The van der Waals surface area contributed by atoms with Crippen molar-refractivity contribution in [1.29, 1.82) is 0 Å². The largest absolute Gasteiger partial charge is 0.508 e. The van der Waals surface area contributed by atoms with Gasteiger partial charge in [0, 0.05) is 32.2 Å². The van der Waals surface area contributed by atoms with E-state index in [2.05, 4.69) is 369 Å². The number of hydrogen-bond acceptors (Lipinski definition) is 3. The number of rotatable bonds is 13. The molecule has 0 aliphatic carbocycles. The molecule has 1 aromatic heterocycles. The van der Waals surface area contributed by atoms with Crippen molar-refractivity contribution in [3.05, 3.63) is 406 Å². The van der Waals surface area contributed by atoms with Crippen LogP contribution in [0.5, 0.6) is 5.75 Å². The Morgan fingerprint density at radius 2 is 0.413 bits per heavy atom. The number of phenolic OH excluding ortho intramolecular Hbond substituents is 1. The second-order valence-corrected chi connectivity index (χ2v) is 29.7. The molecule has 0 aliphatic rings. The Hall–Kier alpha value is -9.01. The van der Waals surface area contributed by atoms with Gasteiger partial charge in [0.05, 0.1) is 0 Å². The molecule has 92 heavy (non-hydrogen) atoms. The number of anilines is 1. The van der Waals surface area contributed by atoms with Gasteiger partial charge in [0.2, 0.25) is 0 Å². The summed E-state index contributed by atoms with van der Waals surface area (Å²) in [5.74, 6) is 0.754. The van der Waals surface area contributed by atoms with Gasteiger partial charge in [-0.3, -0.25) is 0 Å². The van der Waals surface area contributed by atoms with Crippen molar-refractivity contribution in [3.8, 4) is 16.9 Å². The van der Waals surface area contributed by atoms with E-state index in [1.807, 2.05) is 25.1 Å². The number of pyridine rings is 1. The third-order valence-corrected chi connectivity index (χ3v) is 24.2. The molecule has 0 aliphatic heterocycles. The summed E-state index contributed by atoms with van der Waals surface area (Å²) in [4.78, 5) is 4.09. The Balaban J connectivity index is 0.000000136. The molecule has 0 saturated heterocycles. The third kappa shape index (κ3) is 19.7. The summed E-state index contributed by atoms with van der Waals surface area (Å²) in [6.07, 6.45) is 1.74. The molecule has 13 aromatic carbocycles. The van der Waals surface area contributed by atoms with Gasteiger partial charge in [0.1, 0.15) is 11.6 Å². The van der Waals surface area contributed by atoms with Crippen LogP contribution >= 0.6 is 31.7 Å². The molecule has 8 heteroatoms. The first kappa shape index (κ1) is 67.4. The van der Waals surface area contributed by atoms with Crippen molar-refractivity contribution in [3.63, 3.8) is 0 Å². The summed E-state index contributed by atoms with van der Waals surface area (Å²) in [5.41, 5.74) is 8.71. The van der Waals surface area contributed by atoms with Crippen LogP contribution in [0.4, 0.5) is 5.82 Å². The van der Waals surface area contributed by atoms with E-state index in [1.54, 1.807) is 18.3 Å². The average molecular weight is 1360 g/mol. The molecule has 3 nitrogen and oxygen atoms in total. The molecule has 0 bridgehead atoms. The Kier molecular flexibility index (Phi) is 26.9. The molecule has 0 amide bonds. The average Bonchev–Trinajstić information content (AvgIpc) is 1.08. The minimum atomic E-state index is -0.446. The van der Waals surface area contributed by atoms with E-state index in [-0.39, 0.29) is 26.2 Å². The summed E-state index contributed by atoms with van der Waals surface area (Å²) in [6, 6.07) is 138. The van der Waals surface area contributed by atoms with Gasteiger partial charge >= 0.3 is 0 Å². The Bertz CT molecular complexity index is 3430. The minimum absolute atomic E-state index is 0. The first-order valence-electron chi connectivity index (χ1n) is 30.3. The van der Waals surface area contributed by atoms with E-state index in [9.17, 15) is 5.11 Å². The minimum Gasteiger partial charge on any atom is -0.508 e. The monoisotopic (exact) mass is 1350 g/mol. The van der Waals surface area contributed by atoms with Crippen LogP contribution in [0.15, 0.2) is 401 Å². The van der Waals surface area contributed by atoms with Crippen LogP contribution in [-0.2, 0) is 20.4 Å². The number of aromatic nitrogens is 1. The summed E-state index contributed by atoms with van der Waals surface area (Å²) in [7, 11) is -1.78. The Labute approximate surface area is 563 Å². The molecule has 14 rings (SSSR count). The zero-order valence-corrected chi connectivity index (χ0v) is 56.3. The maximum atomic E-state index is 9.18. The van der Waals surface area contributed by atoms with Gasteiger partial charge in [-0.2, -0.15) is 0 Å². The SMILES string of the molecule is Cc1cnc(N)c(-c2ccc(O)cc2)c1.[Pd].c1ccc(P(c2ccccc2)c2ccccc2)cc1.c1ccc(P(c2ccccc2)c2ccccc2)cc1.c1ccc(P(c2ccccc2)c2ccccc2)cc1.c1ccc(P(c2ccccc2)c2ccccc2)cc1. The molecule has 0 saturated carbocycles.